The van der Waals surface area contributed by atoms with E-state index >= 15 is 0 Å². The van der Waals surface area contributed by atoms with E-state index in [1.807, 2.05) is 3.33 Å². The molecule has 22 heavy (non-hydrogen) atoms. The minimum Gasteiger partial charge on any atom is -1.00 e. The summed E-state index contributed by atoms with van der Waals surface area (Å²) in [6.07, 6.45) is 11.4. The third-order valence-corrected chi connectivity index (χ3v) is 11.9. The Balaban J connectivity index is 0.00000220. The molecule has 2 rings (SSSR count). The van der Waals surface area contributed by atoms with Gasteiger partial charge in [0.15, 0.2) is 0 Å². The smallest absolute Gasteiger partial charge is 1.00 e. The summed E-state index contributed by atoms with van der Waals surface area (Å²) in [5, 5.41) is 0. The van der Waals surface area contributed by atoms with Gasteiger partial charge in [-0.15, -0.1) is 0 Å². The molecule has 0 fully saturated rings. The Hall–Kier alpha value is 0.410. The molecule has 0 nitrogen and oxygen atoms in total. The Kier molecular flexibility index (Phi) is 9.21. The van der Waals surface area contributed by atoms with E-state index < -0.39 is 22.9 Å². The number of hydrogen-bond acceptors (Lipinski definition) is 0. The van der Waals surface area contributed by atoms with Gasteiger partial charge in [0.1, 0.15) is 0 Å². The van der Waals surface area contributed by atoms with Gasteiger partial charge in [-0.1, -0.05) is 0 Å². The molecule has 2 aliphatic rings. The maximum atomic E-state index is 2.60. The molecular formula is C19H28Cl2Hf. The Morgan fingerprint density at radius 1 is 1.14 bits per heavy atom. The van der Waals surface area contributed by atoms with Gasteiger partial charge in [0.05, 0.1) is 0 Å². The van der Waals surface area contributed by atoms with E-state index in [9.17, 15) is 0 Å². The first-order chi connectivity index (χ1) is 9.38. The van der Waals surface area contributed by atoms with E-state index in [1.165, 1.54) is 19.3 Å². The maximum Gasteiger partial charge on any atom is -1.00 e. The first kappa shape index (κ1) is 22.4. The molecule has 0 N–H and O–H groups in total. The summed E-state index contributed by atoms with van der Waals surface area (Å²) in [7, 11) is 0. The molecule has 0 saturated carbocycles. The summed E-state index contributed by atoms with van der Waals surface area (Å²) >= 11 is -0.852. The van der Waals surface area contributed by atoms with Gasteiger partial charge in [-0.3, -0.25) is 0 Å². The van der Waals surface area contributed by atoms with Gasteiger partial charge in [-0.25, -0.2) is 0 Å². The van der Waals surface area contributed by atoms with Crippen LogP contribution < -0.4 is 24.8 Å². The first-order valence-corrected chi connectivity index (χ1v) is 11.5. The summed E-state index contributed by atoms with van der Waals surface area (Å²) in [4.78, 5) is 0. The van der Waals surface area contributed by atoms with Gasteiger partial charge in [0, 0.05) is 0 Å². The van der Waals surface area contributed by atoms with Crippen LogP contribution in [0.15, 0.2) is 43.9 Å². The van der Waals surface area contributed by atoms with Crippen molar-refractivity contribution in [2.45, 2.75) is 64.0 Å². The molecule has 0 aromatic heterocycles. The number of rotatable bonds is 5. The molecule has 0 aromatic carbocycles. The summed E-state index contributed by atoms with van der Waals surface area (Å²) < 4.78 is 2.28. The molecule has 122 valence electrons. The standard InChI is InChI=1S/C10H15.C9H13.2ClH.Hf/c1-3-4-5-10-7-6-9(2)8-10;1-6-5-7(2)9(4)8(6)3;;;/h6-8H,3-5H2,1-2H3;6H,1-4H3;2*1H;/q;;;;+2/p-2. The Bertz CT molecular complexity index is 526. The molecule has 0 saturated heterocycles. The molecule has 2 unspecified atom stereocenters. The minimum atomic E-state index is -0.852. The molecule has 0 aromatic rings. The van der Waals surface area contributed by atoms with Crippen LogP contribution in [-0.4, -0.2) is 0 Å². The zero-order chi connectivity index (χ0) is 14.9. The summed E-state index contributed by atoms with van der Waals surface area (Å²) in [5.74, 6) is 0.719. The Morgan fingerprint density at radius 3 is 2.27 bits per heavy atom. The van der Waals surface area contributed by atoms with Crippen LogP contribution in [0.25, 0.3) is 0 Å². The maximum absolute atomic E-state index is 2.60. The van der Waals surface area contributed by atoms with Crippen molar-refractivity contribution in [2.75, 3.05) is 0 Å². The van der Waals surface area contributed by atoms with Crippen LogP contribution in [-0.2, 0) is 22.9 Å². The fraction of sp³-hybridized carbons (Fsp3) is 0.579. The molecule has 3 heteroatoms. The van der Waals surface area contributed by atoms with E-state index in [0.717, 1.165) is 5.92 Å². The molecular weight excluding hydrogens is 478 g/mol. The minimum absolute atomic E-state index is 0. The number of halogens is 2. The van der Waals surface area contributed by atoms with Crippen LogP contribution in [0, 0.1) is 5.92 Å². The van der Waals surface area contributed by atoms with E-state index in [1.54, 1.807) is 22.3 Å². The second-order valence-electron chi connectivity index (χ2n) is 6.63. The fourth-order valence-electron chi connectivity index (χ4n) is 3.23. The van der Waals surface area contributed by atoms with Crippen molar-refractivity contribution in [2.24, 2.45) is 5.92 Å². The monoisotopic (exact) mass is 506 g/mol. The fourth-order valence-corrected chi connectivity index (χ4v) is 9.74. The summed E-state index contributed by atoms with van der Waals surface area (Å²) in [6.45, 7) is 14.2. The second-order valence-corrected chi connectivity index (χ2v) is 13.3. The van der Waals surface area contributed by atoms with Crippen molar-refractivity contribution in [3.05, 3.63) is 43.9 Å². The average Bonchev–Trinajstić information content (AvgIpc) is 2.87. The van der Waals surface area contributed by atoms with Crippen LogP contribution in [0.5, 0.6) is 0 Å². The molecule has 0 spiro atoms. The predicted octanol–water partition coefficient (Wildman–Crippen LogP) is 0.202. The third kappa shape index (κ3) is 4.71. The van der Waals surface area contributed by atoms with Crippen molar-refractivity contribution in [3.8, 4) is 0 Å². The van der Waals surface area contributed by atoms with Crippen LogP contribution in [0.3, 0.4) is 0 Å². The molecule has 0 radical (unpaired) electrons. The summed E-state index contributed by atoms with van der Waals surface area (Å²) in [6, 6.07) is 0. The van der Waals surface area contributed by atoms with Crippen LogP contribution in [0.2, 0.25) is 3.17 Å². The SMILES string of the molecule is CCCCC1=C[C](C)([Hf+2][C]2=C(C)C(C)=C(C)C2C)C=C1.[Cl-].[Cl-]. The topological polar surface area (TPSA) is 0 Å². The molecule has 0 bridgehead atoms. The second kappa shape index (κ2) is 9.04. The van der Waals surface area contributed by atoms with Crippen molar-refractivity contribution >= 4 is 0 Å². The molecule has 0 amide bonds. The van der Waals surface area contributed by atoms with Crippen molar-refractivity contribution in [1.82, 2.24) is 0 Å². The third-order valence-electron chi connectivity index (χ3n) is 4.99. The van der Waals surface area contributed by atoms with Crippen molar-refractivity contribution < 1.29 is 47.7 Å². The van der Waals surface area contributed by atoms with Crippen molar-refractivity contribution in [1.29, 1.82) is 0 Å². The van der Waals surface area contributed by atoms with Crippen LogP contribution in [0.4, 0.5) is 0 Å². The first-order valence-electron chi connectivity index (χ1n) is 7.95. The van der Waals surface area contributed by atoms with E-state index in [2.05, 4.69) is 59.8 Å². The van der Waals surface area contributed by atoms with Gasteiger partial charge in [0.2, 0.25) is 0 Å². The zero-order valence-electron chi connectivity index (χ0n) is 14.7. The van der Waals surface area contributed by atoms with E-state index in [4.69, 9.17) is 0 Å². The molecule has 2 atom stereocenters. The number of hydrogen-bond donors (Lipinski definition) is 0. The van der Waals surface area contributed by atoms with Crippen LogP contribution >= 0.6 is 0 Å². The normalized spacial score (nSPS) is 26.6. The van der Waals surface area contributed by atoms with Gasteiger partial charge >= 0.3 is 137 Å². The Labute approximate surface area is 160 Å². The van der Waals surface area contributed by atoms with Gasteiger partial charge in [0.25, 0.3) is 0 Å². The van der Waals surface area contributed by atoms with Crippen LogP contribution in [0.1, 0.15) is 60.8 Å². The Morgan fingerprint density at radius 2 is 1.77 bits per heavy atom. The quantitative estimate of drug-likeness (QED) is 0.469. The molecule has 0 heterocycles. The molecule has 2 aliphatic carbocycles. The van der Waals surface area contributed by atoms with E-state index in [-0.39, 0.29) is 24.8 Å². The van der Waals surface area contributed by atoms with Crippen molar-refractivity contribution in [3.63, 3.8) is 0 Å². The summed E-state index contributed by atoms with van der Waals surface area (Å²) in [5.41, 5.74) is 6.40. The average molecular weight is 506 g/mol. The number of unbranched alkanes of at least 4 members (excludes halogenated alkanes) is 1. The largest absolute Gasteiger partial charge is 1.00 e. The molecule has 0 aliphatic heterocycles. The van der Waals surface area contributed by atoms with Gasteiger partial charge in [-0.05, 0) is 0 Å². The van der Waals surface area contributed by atoms with E-state index in [0.29, 0.717) is 3.17 Å². The van der Waals surface area contributed by atoms with Gasteiger partial charge < -0.3 is 24.8 Å². The van der Waals surface area contributed by atoms with Gasteiger partial charge in [-0.2, -0.15) is 0 Å². The predicted molar refractivity (Wildman–Crippen MR) is 85.4 cm³/mol. The number of allylic oxidation sites excluding steroid dienone is 8. The zero-order valence-corrected chi connectivity index (χ0v) is 19.8.